The molecule has 38 heavy (non-hydrogen) atoms. The molecule has 1 aliphatic rings. The minimum Gasteiger partial charge on any atom is -0.481 e. The molecule has 1 rings (SSSR count). The maximum atomic E-state index is 12.7. The number of ether oxygens (including phenoxy) is 3. The van der Waals surface area contributed by atoms with Gasteiger partial charge in [-0.05, 0) is 26.7 Å². The van der Waals surface area contributed by atoms with Gasteiger partial charge in [0.05, 0.1) is 13.2 Å². The van der Waals surface area contributed by atoms with Gasteiger partial charge in [0, 0.05) is 13.3 Å². The third-order valence-corrected chi connectivity index (χ3v) is 5.72. The minimum atomic E-state index is -1.65. The maximum Gasteiger partial charge on any atom is 0.328 e. The number of hydrogen-bond donors (Lipinski definition) is 7. The van der Waals surface area contributed by atoms with Crippen LogP contribution in [0, 0.1) is 0 Å². The van der Waals surface area contributed by atoms with Crippen LogP contribution in [0.4, 0.5) is 0 Å². The Morgan fingerprint density at radius 1 is 1.05 bits per heavy atom. The third-order valence-electron chi connectivity index (χ3n) is 5.72. The van der Waals surface area contributed by atoms with E-state index in [9.17, 15) is 39.3 Å². The van der Waals surface area contributed by atoms with Crippen LogP contribution in [0.1, 0.15) is 53.4 Å². The van der Waals surface area contributed by atoms with Crippen molar-refractivity contribution in [1.82, 2.24) is 16.0 Å². The summed E-state index contributed by atoms with van der Waals surface area (Å²) >= 11 is 0. The van der Waals surface area contributed by atoms with Crippen LogP contribution in [-0.4, -0.2) is 112 Å². The molecular formula is C23H39N3O12. The molecule has 1 aliphatic heterocycles. The molecule has 0 saturated carbocycles. The first-order chi connectivity index (χ1) is 17.8. The molecule has 15 nitrogen and oxygen atoms in total. The van der Waals surface area contributed by atoms with Gasteiger partial charge in [-0.3, -0.25) is 19.2 Å². The zero-order valence-corrected chi connectivity index (χ0v) is 21.9. The molecule has 3 amide bonds. The number of unbranched alkanes of at least 4 members (excludes halogenated alkanes) is 1. The Morgan fingerprint density at radius 3 is 2.26 bits per heavy atom. The van der Waals surface area contributed by atoms with Crippen LogP contribution in [0.15, 0.2) is 0 Å². The van der Waals surface area contributed by atoms with Gasteiger partial charge in [-0.2, -0.15) is 0 Å². The highest BCUT2D eigenvalue weighted by atomic mass is 16.6. The number of amides is 3. The lowest BCUT2D eigenvalue weighted by Crippen LogP contribution is -2.65. The van der Waals surface area contributed by atoms with E-state index in [0.717, 1.165) is 13.3 Å². The molecule has 7 N–H and O–H groups in total. The summed E-state index contributed by atoms with van der Waals surface area (Å²) in [4.78, 5) is 60.2. The van der Waals surface area contributed by atoms with Crippen molar-refractivity contribution in [1.29, 1.82) is 0 Å². The smallest absolute Gasteiger partial charge is 0.328 e. The number of hydrogen-bond acceptors (Lipinski definition) is 11. The molecule has 0 aromatic rings. The molecule has 218 valence electrons. The molecule has 0 aliphatic carbocycles. The van der Waals surface area contributed by atoms with Crippen molar-refractivity contribution in [2.24, 2.45) is 0 Å². The molecule has 8 atom stereocenters. The van der Waals surface area contributed by atoms with Gasteiger partial charge >= 0.3 is 11.9 Å². The van der Waals surface area contributed by atoms with Crippen LogP contribution in [-0.2, 0) is 38.2 Å². The van der Waals surface area contributed by atoms with Crippen LogP contribution in [0.25, 0.3) is 0 Å². The van der Waals surface area contributed by atoms with Gasteiger partial charge in [-0.1, -0.05) is 13.3 Å². The number of carboxylic acid groups (broad SMARTS) is 1. The van der Waals surface area contributed by atoms with Crippen molar-refractivity contribution in [2.75, 3.05) is 13.2 Å². The summed E-state index contributed by atoms with van der Waals surface area (Å²) in [6.45, 7) is 5.11. The molecule has 1 fully saturated rings. The molecular weight excluding hydrogens is 510 g/mol. The van der Waals surface area contributed by atoms with E-state index in [4.69, 9.17) is 19.3 Å². The average Bonchev–Trinajstić information content (AvgIpc) is 2.85. The topological polar surface area (TPSA) is 230 Å². The van der Waals surface area contributed by atoms with Crippen LogP contribution in [0.2, 0.25) is 0 Å². The Hall–Kier alpha value is -2.85. The molecule has 1 saturated heterocycles. The summed E-state index contributed by atoms with van der Waals surface area (Å²) in [5, 5.41) is 46.1. The summed E-state index contributed by atoms with van der Waals surface area (Å²) in [6, 6.07) is -3.70. The zero-order chi connectivity index (χ0) is 29.0. The Bertz CT molecular complexity index is 825. The van der Waals surface area contributed by atoms with Gasteiger partial charge in [-0.15, -0.1) is 0 Å². The van der Waals surface area contributed by atoms with Crippen LogP contribution >= 0.6 is 0 Å². The number of aliphatic hydroxyl groups is 3. The predicted molar refractivity (Wildman–Crippen MR) is 128 cm³/mol. The highest BCUT2D eigenvalue weighted by molar-refractivity contribution is 5.91. The van der Waals surface area contributed by atoms with Gasteiger partial charge < -0.3 is 50.6 Å². The fraction of sp³-hybridized carbons (Fsp3) is 0.783. The quantitative estimate of drug-likeness (QED) is 0.0832. The van der Waals surface area contributed by atoms with Crippen LogP contribution < -0.4 is 16.0 Å². The van der Waals surface area contributed by atoms with Gasteiger partial charge in [0.1, 0.15) is 42.5 Å². The second-order valence-electron chi connectivity index (χ2n) is 8.95. The normalized spacial score (nSPS) is 25.4. The van der Waals surface area contributed by atoms with E-state index in [0.29, 0.717) is 6.42 Å². The first kappa shape index (κ1) is 33.2. The highest BCUT2D eigenvalue weighted by Crippen LogP contribution is 2.23. The Morgan fingerprint density at radius 2 is 1.71 bits per heavy atom. The van der Waals surface area contributed by atoms with Gasteiger partial charge in [0.25, 0.3) is 0 Å². The first-order valence-electron chi connectivity index (χ1n) is 12.4. The van der Waals surface area contributed by atoms with E-state index in [-0.39, 0.29) is 13.0 Å². The first-order valence-corrected chi connectivity index (χ1v) is 12.4. The minimum absolute atomic E-state index is 0.110. The van der Waals surface area contributed by atoms with E-state index >= 15 is 0 Å². The summed E-state index contributed by atoms with van der Waals surface area (Å²) in [7, 11) is 0. The van der Waals surface area contributed by atoms with Crippen molar-refractivity contribution in [3.63, 3.8) is 0 Å². The molecule has 0 aromatic heterocycles. The second kappa shape index (κ2) is 16.2. The summed E-state index contributed by atoms with van der Waals surface area (Å²) in [6.07, 6.45) is -6.35. The number of rotatable bonds is 15. The van der Waals surface area contributed by atoms with Gasteiger partial charge in [0.15, 0.2) is 6.29 Å². The fourth-order valence-corrected chi connectivity index (χ4v) is 3.56. The number of aliphatic hydroxyl groups excluding tert-OH is 3. The lowest BCUT2D eigenvalue weighted by atomic mass is 9.96. The number of carboxylic acids is 1. The summed E-state index contributed by atoms with van der Waals surface area (Å²) in [5.41, 5.74) is 0. The molecule has 15 heteroatoms. The number of nitrogens with one attached hydrogen (secondary N) is 3. The van der Waals surface area contributed by atoms with Gasteiger partial charge in [-0.25, -0.2) is 4.79 Å². The lowest BCUT2D eigenvalue weighted by Gasteiger charge is -2.43. The van der Waals surface area contributed by atoms with Gasteiger partial charge in [0.2, 0.25) is 17.7 Å². The number of carbonyl (C=O) groups excluding carboxylic acids is 4. The monoisotopic (exact) mass is 549 g/mol. The highest BCUT2D eigenvalue weighted by Gasteiger charge is 2.47. The fourth-order valence-electron chi connectivity index (χ4n) is 3.56. The lowest BCUT2D eigenvalue weighted by molar-refractivity contribution is -0.266. The van der Waals surface area contributed by atoms with E-state index in [1.807, 2.05) is 6.92 Å². The Labute approximate surface area is 220 Å². The predicted octanol–water partition coefficient (Wildman–Crippen LogP) is -2.47. The van der Waals surface area contributed by atoms with Crippen LogP contribution in [0.3, 0.4) is 0 Å². The summed E-state index contributed by atoms with van der Waals surface area (Å²) < 4.78 is 15.8. The van der Waals surface area contributed by atoms with E-state index in [1.54, 1.807) is 0 Å². The standard InChI is InChI=1S/C23H39N3O12/c1-5-6-9-36-22(34)14(7-8-16(29)30)26-20(32)11(2)24-21(33)12(3)37-19-17(25-13(4)28)23(35)38-15(10-27)18(19)31/h11-12,14-15,17-19,23,27,31,35H,5-10H2,1-4H3,(H,24,33)(H,25,28)(H,26,32)(H,29,30)/t11-,12+,14+,15+,17+,18+,19+,23?/m0/s1. The van der Waals surface area contributed by atoms with E-state index in [1.165, 1.54) is 13.8 Å². The van der Waals surface area contributed by atoms with Crippen molar-refractivity contribution in [2.45, 2.75) is 102 Å². The number of aliphatic carboxylic acids is 1. The molecule has 0 aromatic carbocycles. The Balaban J connectivity index is 2.83. The van der Waals surface area contributed by atoms with Crippen molar-refractivity contribution < 1.29 is 58.6 Å². The second-order valence-corrected chi connectivity index (χ2v) is 8.95. The average molecular weight is 550 g/mol. The molecule has 0 radical (unpaired) electrons. The zero-order valence-electron chi connectivity index (χ0n) is 21.9. The SMILES string of the molecule is CCCCOC(=O)[C@@H](CCC(=O)O)NC(=O)[C@H](C)NC(=O)[C@@H](C)O[C@H]1[C@H](O)[C@@H](CO)OC(O)[C@@H]1NC(C)=O. The number of esters is 1. The van der Waals surface area contributed by atoms with Crippen LogP contribution in [0.5, 0.6) is 0 Å². The largest absolute Gasteiger partial charge is 0.481 e. The Kier molecular flexibility index (Phi) is 14.1. The van der Waals surface area contributed by atoms with E-state index < -0.39 is 91.5 Å². The molecule has 1 heterocycles. The third kappa shape index (κ3) is 10.5. The van der Waals surface area contributed by atoms with E-state index in [2.05, 4.69) is 16.0 Å². The number of carbonyl (C=O) groups is 5. The molecule has 0 bridgehead atoms. The molecule has 1 unspecified atom stereocenters. The summed E-state index contributed by atoms with van der Waals surface area (Å²) in [5.74, 6) is -4.13. The molecule has 0 spiro atoms. The van der Waals surface area contributed by atoms with Crippen molar-refractivity contribution in [3.8, 4) is 0 Å². The van der Waals surface area contributed by atoms with Crippen molar-refractivity contribution in [3.05, 3.63) is 0 Å². The van der Waals surface area contributed by atoms with Crippen molar-refractivity contribution >= 4 is 29.7 Å². The maximum absolute atomic E-state index is 12.7.